The number of nitrogens with one attached hydrogen (secondary N) is 2. The Morgan fingerprint density at radius 3 is 2.94 bits per heavy atom. The molecule has 0 bridgehead atoms. The van der Waals surface area contributed by atoms with Gasteiger partial charge < -0.3 is 16.4 Å². The van der Waals surface area contributed by atoms with Crippen LogP contribution < -0.4 is 16.4 Å². The van der Waals surface area contributed by atoms with Gasteiger partial charge in [0.15, 0.2) is 0 Å². The Bertz CT molecular complexity index is 351. The summed E-state index contributed by atoms with van der Waals surface area (Å²) in [6, 6.07) is 2.38. The second kappa shape index (κ2) is 5.25. The molecule has 1 saturated heterocycles. The minimum absolute atomic E-state index is 0.304. The first-order chi connectivity index (χ1) is 7.78. The molecule has 1 aliphatic rings. The Morgan fingerprint density at radius 2 is 2.25 bits per heavy atom. The maximum Gasteiger partial charge on any atom is 0.223 e. The van der Waals surface area contributed by atoms with Crippen molar-refractivity contribution >= 4 is 29.3 Å². The molecule has 1 fully saturated rings. The first-order valence-electron chi connectivity index (χ1n) is 5.44. The minimum atomic E-state index is 0.304. The fourth-order valence-corrected chi connectivity index (χ4v) is 2.80. The van der Waals surface area contributed by atoms with E-state index in [1.807, 2.05) is 24.9 Å². The van der Waals surface area contributed by atoms with E-state index in [1.54, 1.807) is 0 Å². The number of nitrogens with two attached hydrogens (primary N) is 1. The second-order valence-corrected chi connectivity index (χ2v) is 4.95. The highest BCUT2D eigenvalue weighted by Gasteiger charge is 2.14. The van der Waals surface area contributed by atoms with E-state index in [4.69, 9.17) is 5.73 Å². The van der Waals surface area contributed by atoms with Gasteiger partial charge >= 0.3 is 0 Å². The summed E-state index contributed by atoms with van der Waals surface area (Å²) in [4.78, 5) is 8.24. The van der Waals surface area contributed by atoms with Crippen LogP contribution in [0, 0.1) is 0 Å². The van der Waals surface area contributed by atoms with Gasteiger partial charge in [-0.15, -0.1) is 0 Å². The number of anilines is 3. The van der Waals surface area contributed by atoms with Gasteiger partial charge in [-0.1, -0.05) is 0 Å². The van der Waals surface area contributed by atoms with Gasteiger partial charge in [-0.05, 0) is 18.6 Å². The summed E-state index contributed by atoms with van der Waals surface area (Å²) >= 11 is 1.98. The van der Waals surface area contributed by atoms with Crippen molar-refractivity contribution in [1.82, 2.24) is 9.97 Å². The largest absolute Gasteiger partial charge is 0.373 e. The van der Waals surface area contributed by atoms with Crippen LogP contribution in [0.25, 0.3) is 0 Å². The Labute approximate surface area is 99.6 Å². The number of nitrogens with zero attached hydrogens (tertiary/aromatic N) is 2. The van der Waals surface area contributed by atoms with E-state index < -0.39 is 0 Å². The summed E-state index contributed by atoms with van der Waals surface area (Å²) in [6.07, 6.45) is 2.47. The first-order valence-corrected chi connectivity index (χ1v) is 6.60. The van der Waals surface area contributed by atoms with E-state index in [1.165, 1.54) is 18.6 Å². The number of aromatic nitrogens is 2. The first kappa shape index (κ1) is 11.3. The van der Waals surface area contributed by atoms with Crippen LogP contribution in [-0.2, 0) is 0 Å². The van der Waals surface area contributed by atoms with Crippen LogP contribution in [0.1, 0.15) is 12.8 Å². The van der Waals surface area contributed by atoms with E-state index in [-0.39, 0.29) is 0 Å². The van der Waals surface area contributed by atoms with Gasteiger partial charge in [-0.3, -0.25) is 0 Å². The molecule has 1 aromatic heterocycles. The van der Waals surface area contributed by atoms with Crippen LogP contribution in [0.3, 0.4) is 0 Å². The van der Waals surface area contributed by atoms with Crippen molar-refractivity contribution in [2.45, 2.75) is 18.9 Å². The summed E-state index contributed by atoms with van der Waals surface area (Å²) in [5.74, 6) is 4.27. The Kier molecular flexibility index (Phi) is 3.71. The quantitative estimate of drug-likeness (QED) is 0.740. The van der Waals surface area contributed by atoms with Crippen molar-refractivity contribution in [3.63, 3.8) is 0 Å². The van der Waals surface area contributed by atoms with E-state index in [2.05, 4.69) is 20.6 Å². The van der Waals surface area contributed by atoms with Crippen molar-refractivity contribution in [2.75, 3.05) is 34.9 Å². The van der Waals surface area contributed by atoms with Crippen molar-refractivity contribution in [3.05, 3.63) is 6.07 Å². The lowest BCUT2D eigenvalue weighted by atomic mass is 10.2. The fourth-order valence-electron chi connectivity index (χ4n) is 1.73. The predicted octanol–water partition coefficient (Wildman–Crippen LogP) is 1.41. The molecular formula is C10H17N5S. The van der Waals surface area contributed by atoms with Crippen molar-refractivity contribution < 1.29 is 0 Å². The molecule has 0 radical (unpaired) electrons. The average Bonchev–Trinajstić information content (AvgIpc) is 2.29. The molecule has 0 amide bonds. The molecule has 16 heavy (non-hydrogen) atoms. The molecular weight excluding hydrogens is 222 g/mol. The molecule has 0 spiro atoms. The third-order valence-electron chi connectivity index (χ3n) is 2.51. The van der Waals surface area contributed by atoms with Gasteiger partial charge in [0.25, 0.3) is 0 Å². The molecule has 6 heteroatoms. The average molecular weight is 239 g/mol. The Balaban J connectivity index is 2.04. The summed E-state index contributed by atoms with van der Waals surface area (Å²) in [5, 5.41) is 6.37. The second-order valence-electron chi connectivity index (χ2n) is 3.81. The molecule has 88 valence electrons. The summed E-state index contributed by atoms with van der Waals surface area (Å²) < 4.78 is 0. The zero-order valence-corrected chi connectivity index (χ0v) is 10.2. The van der Waals surface area contributed by atoms with Crippen LogP contribution in [0.15, 0.2) is 6.07 Å². The van der Waals surface area contributed by atoms with Gasteiger partial charge in [0, 0.05) is 24.9 Å². The molecule has 4 N–H and O–H groups in total. The molecule has 1 unspecified atom stereocenters. The molecule has 2 heterocycles. The van der Waals surface area contributed by atoms with E-state index in [0.29, 0.717) is 12.0 Å². The van der Waals surface area contributed by atoms with Gasteiger partial charge in [0.1, 0.15) is 11.6 Å². The van der Waals surface area contributed by atoms with Gasteiger partial charge in [0.05, 0.1) is 0 Å². The number of hydrogen-bond acceptors (Lipinski definition) is 6. The maximum absolute atomic E-state index is 5.63. The smallest absolute Gasteiger partial charge is 0.223 e. The third-order valence-corrected chi connectivity index (χ3v) is 3.73. The van der Waals surface area contributed by atoms with Crippen LogP contribution in [0.5, 0.6) is 0 Å². The molecule has 2 rings (SSSR count). The van der Waals surface area contributed by atoms with Gasteiger partial charge in [0.2, 0.25) is 5.95 Å². The minimum Gasteiger partial charge on any atom is -0.373 e. The lowest BCUT2D eigenvalue weighted by molar-refractivity contribution is 0.682. The number of hydrogen-bond donors (Lipinski definition) is 3. The summed E-state index contributed by atoms with van der Waals surface area (Å²) in [7, 11) is 1.82. The highest BCUT2D eigenvalue weighted by molar-refractivity contribution is 7.99. The molecule has 5 nitrogen and oxygen atoms in total. The molecule has 1 aliphatic heterocycles. The molecule has 0 aliphatic carbocycles. The zero-order valence-electron chi connectivity index (χ0n) is 9.36. The molecule has 0 aromatic carbocycles. The lowest BCUT2D eigenvalue weighted by Crippen LogP contribution is -2.26. The topological polar surface area (TPSA) is 75.9 Å². The number of nitrogen functional groups attached to an aromatic ring is 1. The third kappa shape index (κ3) is 2.91. The monoisotopic (exact) mass is 239 g/mol. The van der Waals surface area contributed by atoms with E-state index in [0.717, 1.165) is 17.4 Å². The summed E-state index contributed by atoms with van der Waals surface area (Å²) in [6.45, 7) is 0. The maximum atomic E-state index is 5.63. The zero-order chi connectivity index (χ0) is 11.4. The summed E-state index contributed by atoms with van der Waals surface area (Å²) in [5.41, 5.74) is 5.63. The van der Waals surface area contributed by atoms with Crippen LogP contribution in [0.4, 0.5) is 17.6 Å². The highest BCUT2D eigenvalue weighted by Crippen LogP contribution is 2.21. The predicted molar refractivity (Wildman–Crippen MR) is 70.0 cm³/mol. The van der Waals surface area contributed by atoms with Crippen LogP contribution in [0.2, 0.25) is 0 Å². The molecule has 1 atom stereocenters. The Hall–Kier alpha value is -1.17. The van der Waals surface area contributed by atoms with Gasteiger partial charge in [-0.25, -0.2) is 0 Å². The van der Waals surface area contributed by atoms with Crippen molar-refractivity contribution in [1.29, 1.82) is 0 Å². The molecule has 1 aromatic rings. The van der Waals surface area contributed by atoms with E-state index >= 15 is 0 Å². The van der Waals surface area contributed by atoms with Gasteiger partial charge in [-0.2, -0.15) is 21.7 Å². The van der Waals surface area contributed by atoms with Crippen LogP contribution in [-0.4, -0.2) is 34.6 Å². The Morgan fingerprint density at radius 1 is 1.44 bits per heavy atom. The fraction of sp³-hybridized carbons (Fsp3) is 0.600. The van der Waals surface area contributed by atoms with E-state index in [9.17, 15) is 0 Å². The standard InChI is InChI=1S/C10H17N5S/c1-12-8-5-9(15-10(11)14-8)13-7-3-2-4-16-6-7/h5,7H,2-4,6H2,1H3,(H4,11,12,13,14,15). The van der Waals surface area contributed by atoms with Crippen molar-refractivity contribution in [2.24, 2.45) is 0 Å². The SMILES string of the molecule is CNc1cc(NC2CCCSC2)nc(N)n1. The van der Waals surface area contributed by atoms with Crippen molar-refractivity contribution in [3.8, 4) is 0 Å². The van der Waals surface area contributed by atoms with Crippen LogP contribution >= 0.6 is 11.8 Å². The normalized spacial score (nSPS) is 20.4. The number of rotatable bonds is 3. The number of thioether (sulfide) groups is 1. The molecule has 0 saturated carbocycles. The lowest BCUT2D eigenvalue weighted by Gasteiger charge is -2.23. The highest BCUT2D eigenvalue weighted by atomic mass is 32.2.